The number of fused-ring (bicyclic) bond motifs is 2. The summed E-state index contributed by atoms with van der Waals surface area (Å²) in [5, 5.41) is 6.29. The largest absolute Gasteiger partial charge is 0.351 e. The van der Waals surface area contributed by atoms with Crippen LogP contribution >= 0.6 is 0 Å². The Bertz CT molecular complexity index is 1180. The summed E-state index contributed by atoms with van der Waals surface area (Å²) >= 11 is 0. The normalized spacial score (nSPS) is 31.7. The molecule has 1 saturated heterocycles. The van der Waals surface area contributed by atoms with Crippen molar-refractivity contribution < 1.29 is 22.8 Å². The van der Waals surface area contributed by atoms with Crippen LogP contribution in [0, 0.1) is 22.7 Å². The number of sulfonamides is 1. The molecule has 1 aliphatic heterocycles. The minimum absolute atomic E-state index is 0.0581. The first kappa shape index (κ1) is 27.3. The number of nitrogens with zero attached hydrogens (tertiary/aromatic N) is 1. The molecule has 5 rings (SSSR count). The van der Waals surface area contributed by atoms with Crippen LogP contribution in [0.4, 0.5) is 0 Å². The molecule has 2 amide bonds. The maximum atomic E-state index is 13.4. The van der Waals surface area contributed by atoms with Gasteiger partial charge in [0.25, 0.3) is 5.91 Å². The monoisotopic (exact) mass is 543 g/mol. The van der Waals surface area contributed by atoms with E-state index < -0.39 is 15.4 Å². The van der Waals surface area contributed by atoms with E-state index in [1.54, 1.807) is 12.1 Å². The zero-order chi connectivity index (χ0) is 27.1. The molecule has 1 aromatic rings. The lowest BCUT2D eigenvalue weighted by atomic mass is 9.70. The van der Waals surface area contributed by atoms with Gasteiger partial charge >= 0.3 is 0 Å². The number of hydrogen-bond acceptors (Lipinski definition) is 5. The summed E-state index contributed by atoms with van der Waals surface area (Å²) in [5.41, 5.74) is -0.459. The van der Waals surface area contributed by atoms with E-state index in [9.17, 15) is 22.8 Å². The van der Waals surface area contributed by atoms with Crippen LogP contribution in [-0.4, -0.2) is 61.2 Å². The molecule has 2 bridgehead atoms. The second-order valence-corrected chi connectivity index (χ2v) is 14.4. The van der Waals surface area contributed by atoms with Gasteiger partial charge in [0.05, 0.1) is 5.75 Å². The quantitative estimate of drug-likeness (QED) is 0.548. The molecule has 38 heavy (non-hydrogen) atoms. The Kier molecular flexibility index (Phi) is 7.46. The fourth-order valence-electron chi connectivity index (χ4n) is 7.53. The number of rotatable bonds is 7. The second kappa shape index (κ2) is 10.4. The van der Waals surface area contributed by atoms with Crippen LogP contribution in [0.25, 0.3) is 0 Å². The minimum atomic E-state index is -3.61. The molecule has 4 atom stereocenters. The number of amides is 2. The predicted octanol–water partition coefficient (Wildman–Crippen LogP) is 3.28. The third kappa shape index (κ3) is 4.92. The number of benzene rings is 1. The van der Waals surface area contributed by atoms with Crippen molar-refractivity contribution in [2.45, 2.75) is 83.7 Å². The summed E-state index contributed by atoms with van der Waals surface area (Å²) in [7, 11) is -3.61. The van der Waals surface area contributed by atoms with Crippen LogP contribution < -0.4 is 10.6 Å². The Morgan fingerprint density at radius 1 is 0.947 bits per heavy atom. The summed E-state index contributed by atoms with van der Waals surface area (Å²) in [5.74, 6) is -0.167. The zero-order valence-electron chi connectivity index (χ0n) is 22.6. The fourth-order valence-corrected chi connectivity index (χ4v) is 9.78. The van der Waals surface area contributed by atoms with E-state index in [4.69, 9.17) is 0 Å². The van der Waals surface area contributed by atoms with E-state index >= 15 is 0 Å². The minimum Gasteiger partial charge on any atom is -0.351 e. The lowest BCUT2D eigenvalue weighted by molar-refractivity contribution is -0.128. The van der Waals surface area contributed by atoms with Crippen molar-refractivity contribution in [2.24, 2.45) is 22.7 Å². The predicted molar refractivity (Wildman–Crippen MR) is 145 cm³/mol. The van der Waals surface area contributed by atoms with Crippen LogP contribution in [0.3, 0.4) is 0 Å². The molecule has 0 radical (unpaired) electrons. The van der Waals surface area contributed by atoms with E-state index in [0.29, 0.717) is 44.3 Å². The van der Waals surface area contributed by atoms with Crippen molar-refractivity contribution in [3.05, 3.63) is 35.9 Å². The van der Waals surface area contributed by atoms with E-state index in [0.717, 1.165) is 32.1 Å². The molecule has 4 fully saturated rings. The smallest absolute Gasteiger partial charge is 0.251 e. The van der Waals surface area contributed by atoms with Crippen molar-refractivity contribution in [1.29, 1.82) is 0 Å². The molecule has 9 heteroatoms. The van der Waals surface area contributed by atoms with Gasteiger partial charge in [-0.15, -0.1) is 0 Å². The molecule has 1 aromatic carbocycles. The molecular formula is C29H41N3O5S. The zero-order valence-corrected chi connectivity index (χ0v) is 23.4. The van der Waals surface area contributed by atoms with Gasteiger partial charge in [0.2, 0.25) is 15.9 Å². The van der Waals surface area contributed by atoms with Gasteiger partial charge < -0.3 is 10.6 Å². The number of ketones is 1. The highest BCUT2D eigenvalue weighted by atomic mass is 32.2. The second-order valence-electron chi connectivity index (χ2n) is 12.4. The van der Waals surface area contributed by atoms with Crippen molar-refractivity contribution in [1.82, 2.24) is 14.9 Å². The Hall–Kier alpha value is -2.26. The summed E-state index contributed by atoms with van der Waals surface area (Å²) < 4.78 is 28.4. The Labute approximate surface area is 226 Å². The van der Waals surface area contributed by atoms with Gasteiger partial charge in [-0.3, -0.25) is 14.4 Å². The van der Waals surface area contributed by atoms with Crippen molar-refractivity contribution in [2.75, 3.05) is 18.8 Å². The summed E-state index contributed by atoms with van der Waals surface area (Å²) in [6, 6.07) is 8.84. The highest BCUT2D eigenvalue weighted by Gasteiger charge is 2.65. The van der Waals surface area contributed by atoms with Crippen molar-refractivity contribution >= 4 is 27.6 Å². The molecule has 1 unspecified atom stereocenters. The third-order valence-electron chi connectivity index (χ3n) is 10.2. The maximum Gasteiger partial charge on any atom is 0.251 e. The fraction of sp³-hybridized carbons (Fsp3) is 0.690. The molecule has 2 N–H and O–H groups in total. The van der Waals surface area contributed by atoms with E-state index in [2.05, 4.69) is 24.5 Å². The Morgan fingerprint density at radius 2 is 1.58 bits per heavy atom. The van der Waals surface area contributed by atoms with Gasteiger partial charge in [-0.05, 0) is 62.0 Å². The average Bonchev–Trinajstić information content (AvgIpc) is 3.24. The molecule has 3 aliphatic carbocycles. The van der Waals surface area contributed by atoms with Gasteiger partial charge in [-0.25, -0.2) is 12.7 Å². The third-order valence-corrected chi connectivity index (χ3v) is 12.2. The number of carbonyl (C=O) groups excluding carboxylic acids is 3. The summed E-state index contributed by atoms with van der Waals surface area (Å²) in [6.07, 6.45) is 6.64. The van der Waals surface area contributed by atoms with Gasteiger partial charge in [0, 0.05) is 48.5 Å². The van der Waals surface area contributed by atoms with Gasteiger partial charge in [0.1, 0.15) is 5.78 Å². The van der Waals surface area contributed by atoms with Crippen LogP contribution in [0.5, 0.6) is 0 Å². The topological polar surface area (TPSA) is 113 Å². The Morgan fingerprint density at radius 3 is 2.16 bits per heavy atom. The summed E-state index contributed by atoms with van der Waals surface area (Å²) in [6.45, 7) is 4.71. The van der Waals surface area contributed by atoms with Crippen molar-refractivity contribution in [3.8, 4) is 0 Å². The lowest BCUT2D eigenvalue weighted by Crippen LogP contribution is -2.55. The standard InChI is InChI=1S/C29H41N3O5S/c1-28(2)22-12-15-29(28,25(33)18-22)19-38(36,37)32-16-13-21(14-17-32)27(35)31-24-11-7-6-10-23(24)30-26(34)20-8-4-3-5-9-20/h3-5,8-9,21-24H,6-7,10-19H2,1-2H3,(H,30,34)(H,31,35)/t22?,23-,24-,29-/m1/s1. The Balaban J connectivity index is 1.16. The van der Waals surface area contributed by atoms with Crippen LogP contribution in [0.2, 0.25) is 0 Å². The summed E-state index contributed by atoms with van der Waals surface area (Å²) in [4.78, 5) is 38.8. The van der Waals surface area contributed by atoms with Crippen LogP contribution in [-0.2, 0) is 19.6 Å². The highest BCUT2D eigenvalue weighted by molar-refractivity contribution is 7.89. The molecule has 3 saturated carbocycles. The molecule has 8 nitrogen and oxygen atoms in total. The van der Waals surface area contributed by atoms with Crippen LogP contribution in [0.15, 0.2) is 30.3 Å². The molecule has 208 valence electrons. The van der Waals surface area contributed by atoms with Crippen molar-refractivity contribution in [3.63, 3.8) is 0 Å². The van der Waals surface area contributed by atoms with E-state index in [-0.39, 0.29) is 52.7 Å². The van der Waals surface area contributed by atoms with Gasteiger partial charge in [-0.1, -0.05) is 44.9 Å². The maximum absolute atomic E-state index is 13.4. The number of Topliss-reactive ketones (excluding diaryl/α,β-unsaturated/α-hetero) is 1. The molecule has 0 spiro atoms. The first-order valence-corrected chi connectivity index (χ1v) is 15.8. The van der Waals surface area contributed by atoms with E-state index in [1.807, 2.05) is 18.2 Å². The molecular weight excluding hydrogens is 502 g/mol. The van der Waals surface area contributed by atoms with Gasteiger partial charge in [0.15, 0.2) is 0 Å². The average molecular weight is 544 g/mol. The molecule has 0 aromatic heterocycles. The number of nitrogens with one attached hydrogen (secondary N) is 2. The molecule has 1 heterocycles. The van der Waals surface area contributed by atoms with Crippen LogP contribution in [0.1, 0.15) is 82.0 Å². The number of piperidine rings is 1. The van der Waals surface area contributed by atoms with E-state index in [1.165, 1.54) is 4.31 Å². The molecule has 4 aliphatic rings. The SMILES string of the molecule is CC1(C)C2CC[C@@]1(CS(=O)(=O)N1CCC(C(=O)N[C@@H]3CCCC[C@H]3NC(=O)c3ccccc3)CC1)C(=O)C2. The highest BCUT2D eigenvalue weighted by Crippen LogP contribution is 2.64. The first-order chi connectivity index (χ1) is 18.0. The first-order valence-electron chi connectivity index (χ1n) is 14.2. The number of hydrogen-bond donors (Lipinski definition) is 2. The van der Waals surface area contributed by atoms with Gasteiger partial charge in [-0.2, -0.15) is 0 Å². The number of carbonyl (C=O) groups is 3. The lowest BCUT2D eigenvalue weighted by Gasteiger charge is -2.39.